The fourth-order valence-corrected chi connectivity index (χ4v) is 3.26. The van der Waals surface area contributed by atoms with Crippen LogP contribution in [0.2, 0.25) is 0 Å². The molecule has 2 saturated heterocycles. The Morgan fingerprint density at radius 1 is 1.19 bits per heavy atom. The summed E-state index contributed by atoms with van der Waals surface area (Å²) in [6, 6.07) is 3.79. The van der Waals surface area contributed by atoms with Crippen LogP contribution in [0.3, 0.4) is 0 Å². The Hall–Kier alpha value is -1.49. The molecule has 0 aromatic heterocycles. The van der Waals surface area contributed by atoms with Gasteiger partial charge in [0.2, 0.25) is 5.91 Å². The smallest absolute Gasteiger partial charge is 0.222 e. The van der Waals surface area contributed by atoms with Gasteiger partial charge in [0, 0.05) is 26.1 Å². The summed E-state index contributed by atoms with van der Waals surface area (Å²) in [4.78, 5) is 13.9. The molecule has 5 heteroatoms. The van der Waals surface area contributed by atoms with Gasteiger partial charge in [-0.3, -0.25) is 4.79 Å². The molecule has 3 nitrogen and oxygen atoms in total. The average Bonchev–Trinajstić information content (AvgIpc) is 2.88. The molecule has 1 aromatic rings. The molecular weight excluding hydrogens is 276 g/mol. The van der Waals surface area contributed by atoms with Crippen molar-refractivity contribution in [1.29, 1.82) is 0 Å². The molecule has 1 aromatic carbocycles. The molecule has 114 valence electrons. The highest BCUT2D eigenvalue weighted by atomic mass is 19.2. The zero-order valence-electron chi connectivity index (χ0n) is 11.9. The van der Waals surface area contributed by atoms with Crippen LogP contribution >= 0.6 is 0 Å². The summed E-state index contributed by atoms with van der Waals surface area (Å²) >= 11 is 0. The molecule has 0 N–H and O–H groups in total. The summed E-state index contributed by atoms with van der Waals surface area (Å²) in [7, 11) is 0. The van der Waals surface area contributed by atoms with Gasteiger partial charge in [-0.1, -0.05) is 6.07 Å². The second-order valence-corrected chi connectivity index (χ2v) is 5.95. The van der Waals surface area contributed by atoms with Crippen molar-refractivity contribution in [3.63, 3.8) is 0 Å². The van der Waals surface area contributed by atoms with E-state index in [1.165, 1.54) is 6.07 Å². The van der Waals surface area contributed by atoms with E-state index in [1.807, 2.05) is 0 Å². The summed E-state index contributed by atoms with van der Waals surface area (Å²) in [5, 5.41) is 0. The van der Waals surface area contributed by atoms with Gasteiger partial charge >= 0.3 is 0 Å². The number of rotatable bonds is 2. The van der Waals surface area contributed by atoms with Gasteiger partial charge < -0.3 is 9.64 Å². The van der Waals surface area contributed by atoms with E-state index >= 15 is 0 Å². The number of carbonyl (C=O) groups is 1. The first-order valence-corrected chi connectivity index (χ1v) is 7.44. The van der Waals surface area contributed by atoms with Crippen LogP contribution in [0, 0.1) is 11.6 Å². The molecule has 1 amide bonds. The Kier molecular flexibility index (Phi) is 3.93. The van der Waals surface area contributed by atoms with Crippen molar-refractivity contribution in [1.82, 2.24) is 4.90 Å². The average molecular weight is 295 g/mol. The van der Waals surface area contributed by atoms with Crippen LogP contribution in [-0.2, 0) is 16.1 Å². The highest BCUT2D eigenvalue weighted by Gasteiger charge is 2.38. The van der Waals surface area contributed by atoms with Crippen molar-refractivity contribution in [3.8, 4) is 0 Å². The van der Waals surface area contributed by atoms with E-state index in [0.717, 1.165) is 44.4 Å². The Morgan fingerprint density at radius 3 is 2.76 bits per heavy atom. The van der Waals surface area contributed by atoms with Crippen molar-refractivity contribution in [2.45, 2.75) is 44.2 Å². The number of benzene rings is 1. The van der Waals surface area contributed by atoms with E-state index in [1.54, 1.807) is 4.90 Å². The molecule has 21 heavy (non-hydrogen) atoms. The van der Waals surface area contributed by atoms with Crippen LogP contribution in [0.25, 0.3) is 0 Å². The number of nitrogens with zero attached hydrogens (tertiary/aromatic N) is 1. The standard InChI is InChI=1S/C16H19F2NO2/c17-13-3-2-12(10-14(13)18)11-19-8-7-16(5-1-9-21-16)6-4-15(19)20/h2-3,10H,1,4-9,11H2/t16-/m1/s1. The summed E-state index contributed by atoms with van der Waals surface area (Å²) in [6.07, 6.45) is 4.11. The van der Waals surface area contributed by atoms with Gasteiger partial charge in [0.15, 0.2) is 11.6 Å². The number of ether oxygens (including phenoxy) is 1. The molecule has 2 fully saturated rings. The van der Waals surface area contributed by atoms with E-state index in [0.29, 0.717) is 25.1 Å². The van der Waals surface area contributed by atoms with Gasteiger partial charge in [-0.25, -0.2) is 8.78 Å². The summed E-state index contributed by atoms with van der Waals surface area (Å²) in [5.74, 6) is -1.67. The number of carbonyl (C=O) groups excluding carboxylic acids is 1. The molecule has 2 aliphatic heterocycles. The third kappa shape index (κ3) is 3.07. The third-order valence-electron chi connectivity index (χ3n) is 4.53. The summed E-state index contributed by atoms with van der Waals surface area (Å²) in [5.41, 5.74) is 0.476. The third-order valence-corrected chi connectivity index (χ3v) is 4.53. The topological polar surface area (TPSA) is 29.5 Å². The Balaban J connectivity index is 1.69. The van der Waals surface area contributed by atoms with Gasteiger partial charge in [0.1, 0.15) is 0 Å². The van der Waals surface area contributed by atoms with Crippen LogP contribution in [0.4, 0.5) is 8.78 Å². The molecule has 0 radical (unpaired) electrons. The van der Waals surface area contributed by atoms with Gasteiger partial charge in [0.05, 0.1) is 5.60 Å². The van der Waals surface area contributed by atoms with Crippen molar-refractivity contribution >= 4 is 5.91 Å². The molecule has 3 rings (SSSR count). The lowest BCUT2D eigenvalue weighted by atomic mass is 9.92. The first kappa shape index (κ1) is 14.4. The highest BCUT2D eigenvalue weighted by Crippen LogP contribution is 2.36. The number of likely N-dealkylation sites (tertiary alicyclic amines) is 1. The maximum atomic E-state index is 13.3. The predicted molar refractivity (Wildman–Crippen MR) is 73.5 cm³/mol. The van der Waals surface area contributed by atoms with Crippen LogP contribution < -0.4 is 0 Å². The van der Waals surface area contributed by atoms with Crippen molar-refractivity contribution in [2.24, 2.45) is 0 Å². The second-order valence-electron chi connectivity index (χ2n) is 5.95. The predicted octanol–water partition coefficient (Wildman–Crippen LogP) is 3.03. The quantitative estimate of drug-likeness (QED) is 0.839. The lowest BCUT2D eigenvalue weighted by molar-refractivity contribution is -0.131. The molecule has 2 heterocycles. The van der Waals surface area contributed by atoms with E-state index in [4.69, 9.17) is 4.74 Å². The number of halogens is 2. The van der Waals surface area contributed by atoms with Crippen LogP contribution in [-0.4, -0.2) is 29.6 Å². The van der Waals surface area contributed by atoms with E-state index in [2.05, 4.69) is 0 Å². The van der Waals surface area contributed by atoms with Gasteiger partial charge in [-0.05, 0) is 43.4 Å². The lowest BCUT2D eigenvalue weighted by Gasteiger charge is -2.26. The minimum Gasteiger partial charge on any atom is -0.375 e. The van der Waals surface area contributed by atoms with Crippen molar-refractivity contribution in [3.05, 3.63) is 35.4 Å². The molecule has 0 bridgehead atoms. The van der Waals surface area contributed by atoms with Crippen LogP contribution in [0.1, 0.15) is 37.7 Å². The number of hydrogen-bond donors (Lipinski definition) is 0. The molecule has 0 saturated carbocycles. The molecule has 0 aliphatic carbocycles. The first-order valence-electron chi connectivity index (χ1n) is 7.44. The Morgan fingerprint density at radius 2 is 2.05 bits per heavy atom. The van der Waals surface area contributed by atoms with Gasteiger partial charge in [-0.15, -0.1) is 0 Å². The fourth-order valence-electron chi connectivity index (χ4n) is 3.26. The van der Waals surface area contributed by atoms with E-state index < -0.39 is 11.6 Å². The molecule has 1 atom stereocenters. The van der Waals surface area contributed by atoms with Crippen molar-refractivity contribution in [2.75, 3.05) is 13.2 Å². The van der Waals surface area contributed by atoms with Gasteiger partial charge in [0.25, 0.3) is 0 Å². The maximum Gasteiger partial charge on any atom is 0.222 e. The summed E-state index contributed by atoms with van der Waals surface area (Å²) in [6.45, 7) is 1.71. The zero-order chi connectivity index (χ0) is 14.9. The SMILES string of the molecule is O=C1CC[C@]2(CCCO2)CCN1Cc1ccc(F)c(F)c1. The number of amides is 1. The highest BCUT2D eigenvalue weighted by molar-refractivity contribution is 5.76. The van der Waals surface area contributed by atoms with Gasteiger partial charge in [-0.2, -0.15) is 0 Å². The largest absolute Gasteiger partial charge is 0.375 e. The molecule has 1 spiro atoms. The molecular formula is C16H19F2NO2. The maximum absolute atomic E-state index is 13.3. The van der Waals surface area contributed by atoms with Crippen molar-refractivity contribution < 1.29 is 18.3 Å². The summed E-state index contributed by atoms with van der Waals surface area (Å²) < 4.78 is 32.1. The molecule has 0 unspecified atom stereocenters. The lowest BCUT2D eigenvalue weighted by Crippen LogP contribution is -2.32. The molecule has 2 aliphatic rings. The van der Waals surface area contributed by atoms with E-state index in [-0.39, 0.29) is 11.5 Å². The Bertz CT molecular complexity index is 541. The minimum absolute atomic E-state index is 0.0621. The fraction of sp³-hybridized carbons (Fsp3) is 0.562. The Labute approximate surface area is 122 Å². The zero-order valence-corrected chi connectivity index (χ0v) is 11.9. The number of hydrogen-bond acceptors (Lipinski definition) is 2. The monoisotopic (exact) mass is 295 g/mol. The minimum atomic E-state index is -0.870. The normalized spacial score (nSPS) is 26.4. The van der Waals surface area contributed by atoms with Crippen LogP contribution in [0.5, 0.6) is 0 Å². The van der Waals surface area contributed by atoms with Crippen LogP contribution in [0.15, 0.2) is 18.2 Å². The first-order chi connectivity index (χ1) is 10.1. The second kappa shape index (κ2) is 5.72. The van der Waals surface area contributed by atoms with E-state index in [9.17, 15) is 13.6 Å².